The summed E-state index contributed by atoms with van der Waals surface area (Å²) in [6.07, 6.45) is 3.90. The van der Waals surface area contributed by atoms with Crippen LogP contribution in [0.4, 0.5) is 0 Å². The summed E-state index contributed by atoms with van der Waals surface area (Å²) < 4.78 is 25.1. The van der Waals surface area contributed by atoms with Gasteiger partial charge in [0.05, 0.1) is 10.5 Å². The van der Waals surface area contributed by atoms with Crippen molar-refractivity contribution < 1.29 is 8.42 Å². The molecule has 0 unspecified atom stereocenters. The SMILES string of the molecule is CNCc1ccn(CCS(=O)(=O)C(C)(C)C)c1. The van der Waals surface area contributed by atoms with E-state index in [0.717, 1.165) is 6.54 Å². The Kier molecular flexibility index (Phi) is 4.38. The van der Waals surface area contributed by atoms with E-state index >= 15 is 0 Å². The predicted molar refractivity (Wildman–Crippen MR) is 70.7 cm³/mol. The van der Waals surface area contributed by atoms with Gasteiger partial charge in [0.2, 0.25) is 0 Å². The molecule has 0 radical (unpaired) electrons. The molecule has 0 aliphatic rings. The average Bonchev–Trinajstić information content (AvgIpc) is 2.62. The third kappa shape index (κ3) is 3.85. The topological polar surface area (TPSA) is 51.1 Å². The minimum absolute atomic E-state index is 0.185. The lowest BCUT2D eigenvalue weighted by Gasteiger charge is -2.19. The highest BCUT2D eigenvalue weighted by Gasteiger charge is 2.28. The van der Waals surface area contributed by atoms with Crippen LogP contribution in [-0.2, 0) is 22.9 Å². The molecule has 1 aromatic heterocycles. The van der Waals surface area contributed by atoms with Crippen LogP contribution in [0.1, 0.15) is 26.3 Å². The number of sulfone groups is 1. The molecule has 0 spiro atoms. The number of hydrogen-bond donors (Lipinski definition) is 1. The molecule has 0 aromatic carbocycles. The van der Waals surface area contributed by atoms with Crippen LogP contribution in [0.25, 0.3) is 0 Å². The predicted octanol–water partition coefficient (Wildman–Crippen LogP) is 1.42. The maximum atomic E-state index is 11.9. The van der Waals surface area contributed by atoms with Gasteiger partial charge in [0.25, 0.3) is 0 Å². The van der Waals surface area contributed by atoms with E-state index in [1.807, 2.05) is 30.1 Å². The zero-order valence-corrected chi connectivity index (χ0v) is 11.8. The molecule has 0 aliphatic heterocycles. The van der Waals surface area contributed by atoms with Crippen molar-refractivity contribution >= 4 is 9.84 Å². The van der Waals surface area contributed by atoms with Crippen molar-refractivity contribution in [3.63, 3.8) is 0 Å². The van der Waals surface area contributed by atoms with Crippen LogP contribution in [0.2, 0.25) is 0 Å². The largest absolute Gasteiger partial charge is 0.353 e. The summed E-state index contributed by atoms with van der Waals surface area (Å²) in [5, 5.41) is 3.06. The van der Waals surface area contributed by atoms with Crippen molar-refractivity contribution in [2.24, 2.45) is 0 Å². The molecule has 0 saturated heterocycles. The van der Waals surface area contributed by atoms with E-state index in [4.69, 9.17) is 0 Å². The first-order valence-corrected chi connectivity index (χ1v) is 7.43. The molecule has 0 atom stereocenters. The van der Waals surface area contributed by atoms with Crippen LogP contribution < -0.4 is 5.32 Å². The monoisotopic (exact) mass is 258 g/mol. The lowest BCUT2D eigenvalue weighted by atomic mass is 10.3. The van der Waals surface area contributed by atoms with Gasteiger partial charge in [-0.1, -0.05) is 0 Å². The summed E-state index contributed by atoms with van der Waals surface area (Å²) in [7, 11) is -1.15. The first-order chi connectivity index (χ1) is 7.76. The Morgan fingerprint density at radius 2 is 2.00 bits per heavy atom. The van der Waals surface area contributed by atoms with E-state index in [1.54, 1.807) is 20.8 Å². The standard InChI is InChI=1S/C12H22N2O2S/c1-12(2,3)17(15,16)8-7-14-6-5-11(10-14)9-13-4/h5-6,10,13H,7-9H2,1-4H3. The van der Waals surface area contributed by atoms with Gasteiger partial charge >= 0.3 is 0 Å². The summed E-state index contributed by atoms with van der Waals surface area (Å²) in [4.78, 5) is 0. The van der Waals surface area contributed by atoms with Crippen LogP contribution in [0, 0.1) is 0 Å². The first kappa shape index (κ1) is 14.3. The summed E-state index contributed by atoms with van der Waals surface area (Å²) in [6, 6.07) is 2.00. The summed E-state index contributed by atoms with van der Waals surface area (Å²) in [5.41, 5.74) is 1.17. The fourth-order valence-corrected chi connectivity index (χ4v) is 2.53. The molecule has 0 amide bonds. The quantitative estimate of drug-likeness (QED) is 0.869. The Bertz CT molecular complexity index is 455. The van der Waals surface area contributed by atoms with Gasteiger partial charge in [-0.3, -0.25) is 0 Å². The number of rotatable bonds is 5. The highest BCUT2D eigenvalue weighted by molar-refractivity contribution is 7.92. The van der Waals surface area contributed by atoms with Crippen LogP contribution in [0.3, 0.4) is 0 Å². The van der Waals surface area contributed by atoms with Crippen LogP contribution >= 0.6 is 0 Å². The maximum Gasteiger partial charge on any atom is 0.156 e. The fourth-order valence-electron chi connectivity index (χ4n) is 1.47. The second kappa shape index (κ2) is 5.23. The molecular weight excluding hydrogens is 236 g/mol. The molecule has 1 heterocycles. The van der Waals surface area contributed by atoms with Gasteiger partial charge in [-0.2, -0.15) is 0 Å². The number of nitrogens with one attached hydrogen (secondary N) is 1. The van der Waals surface area contributed by atoms with Crippen molar-refractivity contribution in [2.75, 3.05) is 12.8 Å². The van der Waals surface area contributed by atoms with E-state index in [1.165, 1.54) is 5.56 Å². The van der Waals surface area contributed by atoms with Crippen LogP contribution in [0.15, 0.2) is 18.5 Å². The van der Waals surface area contributed by atoms with Crippen LogP contribution in [0.5, 0.6) is 0 Å². The molecule has 17 heavy (non-hydrogen) atoms. The highest BCUT2D eigenvalue weighted by Crippen LogP contribution is 2.16. The number of aromatic nitrogens is 1. The number of aryl methyl sites for hydroxylation is 1. The van der Waals surface area contributed by atoms with Crippen LogP contribution in [-0.4, -0.2) is 30.5 Å². The molecule has 1 N–H and O–H groups in total. The summed E-state index contributed by atoms with van der Waals surface area (Å²) >= 11 is 0. The van der Waals surface area contributed by atoms with Crippen molar-refractivity contribution in [2.45, 2.75) is 38.6 Å². The molecule has 5 heteroatoms. The van der Waals surface area contributed by atoms with Gasteiger partial charge in [0, 0.05) is 25.5 Å². The summed E-state index contributed by atoms with van der Waals surface area (Å²) in [5.74, 6) is 0.185. The minimum atomic E-state index is -3.04. The Hall–Kier alpha value is -0.810. The van der Waals surface area contributed by atoms with E-state index in [0.29, 0.717) is 6.54 Å². The van der Waals surface area contributed by atoms with Gasteiger partial charge in [0.15, 0.2) is 9.84 Å². The normalized spacial score (nSPS) is 12.9. The van der Waals surface area contributed by atoms with E-state index in [-0.39, 0.29) is 5.75 Å². The van der Waals surface area contributed by atoms with E-state index in [9.17, 15) is 8.42 Å². The molecule has 4 nitrogen and oxygen atoms in total. The van der Waals surface area contributed by atoms with E-state index in [2.05, 4.69) is 5.32 Å². The first-order valence-electron chi connectivity index (χ1n) is 5.78. The molecule has 0 aliphatic carbocycles. The van der Waals surface area contributed by atoms with Crippen molar-refractivity contribution in [1.82, 2.24) is 9.88 Å². The Morgan fingerprint density at radius 3 is 2.53 bits per heavy atom. The average molecular weight is 258 g/mol. The zero-order chi connectivity index (χ0) is 13.1. The second-order valence-electron chi connectivity index (χ2n) is 5.22. The number of nitrogens with zero attached hydrogens (tertiary/aromatic N) is 1. The lowest BCUT2D eigenvalue weighted by Crippen LogP contribution is -2.31. The fraction of sp³-hybridized carbons (Fsp3) is 0.667. The second-order valence-corrected chi connectivity index (χ2v) is 8.08. The number of hydrogen-bond acceptors (Lipinski definition) is 3. The maximum absolute atomic E-state index is 11.9. The molecule has 1 rings (SSSR count). The Morgan fingerprint density at radius 1 is 1.35 bits per heavy atom. The molecule has 0 fully saturated rings. The molecule has 1 aromatic rings. The Balaban J connectivity index is 2.62. The Labute approximate surface area is 104 Å². The highest BCUT2D eigenvalue weighted by atomic mass is 32.2. The minimum Gasteiger partial charge on any atom is -0.353 e. The summed E-state index contributed by atoms with van der Waals surface area (Å²) in [6.45, 7) is 6.54. The third-order valence-electron chi connectivity index (χ3n) is 2.74. The molecular formula is C12H22N2O2S. The van der Waals surface area contributed by atoms with Gasteiger partial charge in [-0.05, 0) is 39.4 Å². The molecule has 0 bridgehead atoms. The smallest absolute Gasteiger partial charge is 0.156 e. The van der Waals surface area contributed by atoms with Gasteiger partial charge in [0.1, 0.15) is 0 Å². The van der Waals surface area contributed by atoms with Gasteiger partial charge in [-0.25, -0.2) is 8.42 Å². The molecule has 0 saturated carbocycles. The van der Waals surface area contributed by atoms with Gasteiger partial charge in [-0.15, -0.1) is 0 Å². The van der Waals surface area contributed by atoms with E-state index < -0.39 is 14.6 Å². The molecule has 98 valence electrons. The van der Waals surface area contributed by atoms with Crippen molar-refractivity contribution in [3.05, 3.63) is 24.0 Å². The van der Waals surface area contributed by atoms with Gasteiger partial charge < -0.3 is 9.88 Å². The van der Waals surface area contributed by atoms with Crippen molar-refractivity contribution in [3.8, 4) is 0 Å². The third-order valence-corrected chi connectivity index (χ3v) is 5.33. The lowest BCUT2D eigenvalue weighted by molar-refractivity contribution is 0.554. The van der Waals surface area contributed by atoms with Crippen molar-refractivity contribution in [1.29, 1.82) is 0 Å². The zero-order valence-electron chi connectivity index (χ0n) is 11.0.